The lowest BCUT2D eigenvalue weighted by Crippen LogP contribution is -3.30. The van der Waals surface area contributed by atoms with Gasteiger partial charge < -0.3 is 24.6 Å². The van der Waals surface area contributed by atoms with Crippen LogP contribution < -0.4 is 24.6 Å². The van der Waals surface area contributed by atoms with Crippen LogP contribution in [-0.2, 0) is 11.3 Å². The van der Waals surface area contributed by atoms with Crippen molar-refractivity contribution >= 4 is 12.0 Å². The van der Waals surface area contributed by atoms with Crippen LogP contribution in [0.4, 0.5) is 0 Å². The molecule has 6 heteroatoms. The lowest BCUT2D eigenvalue weighted by molar-refractivity contribution is -1.02. The van der Waals surface area contributed by atoms with Gasteiger partial charge in [0.25, 0.3) is 5.91 Å². The number of hydrogen-bond acceptors (Lipinski definition) is 3. The van der Waals surface area contributed by atoms with Gasteiger partial charge in [-0.1, -0.05) is 42.5 Å². The molecular formula is C25H35N3O3+2. The standard InChI is InChI=1S/C25H33N3O3/c1-20(25(29)26-19-22-11-12-23(30-2)24(18-22)31-3)28-16-14-27(15-17-28)13-7-10-21-8-5-4-6-9-21/h4-12,18,20H,13-17,19H2,1-3H3,(H,26,29)/p+2/b10-7+/t20-/m1/s1. The van der Waals surface area contributed by atoms with Gasteiger partial charge in [0.05, 0.1) is 20.8 Å². The summed E-state index contributed by atoms with van der Waals surface area (Å²) in [5.41, 5.74) is 2.23. The molecule has 166 valence electrons. The number of nitrogens with one attached hydrogen (secondary N) is 3. The van der Waals surface area contributed by atoms with Crippen molar-refractivity contribution in [1.82, 2.24) is 5.32 Å². The molecule has 3 rings (SSSR count). The van der Waals surface area contributed by atoms with Crippen LogP contribution in [0.25, 0.3) is 6.08 Å². The van der Waals surface area contributed by atoms with Crippen molar-refractivity contribution in [2.24, 2.45) is 0 Å². The minimum Gasteiger partial charge on any atom is -0.493 e. The molecule has 1 fully saturated rings. The van der Waals surface area contributed by atoms with E-state index in [4.69, 9.17) is 9.47 Å². The predicted molar refractivity (Wildman–Crippen MR) is 123 cm³/mol. The van der Waals surface area contributed by atoms with Gasteiger partial charge in [0.2, 0.25) is 0 Å². The summed E-state index contributed by atoms with van der Waals surface area (Å²) in [5.74, 6) is 1.46. The van der Waals surface area contributed by atoms with Gasteiger partial charge in [-0.15, -0.1) is 0 Å². The summed E-state index contributed by atoms with van der Waals surface area (Å²) in [7, 11) is 3.23. The molecule has 2 aromatic carbocycles. The first-order valence-electron chi connectivity index (χ1n) is 11.0. The molecule has 31 heavy (non-hydrogen) atoms. The smallest absolute Gasteiger partial charge is 0.278 e. The van der Waals surface area contributed by atoms with Gasteiger partial charge in [-0.2, -0.15) is 0 Å². The number of carbonyl (C=O) groups excluding carboxylic acids is 1. The summed E-state index contributed by atoms with van der Waals surface area (Å²) in [6.45, 7) is 7.74. The Hall–Kier alpha value is -2.83. The maximum absolute atomic E-state index is 12.7. The molecule has 1 aliphatic heterocycles. The number of rotatable bonds is 9. The zero-order valence-corrected chi connectivity index (χ0v) is 18.8. The van der Waals surface area contributed by atoms with Gasteiger partial charge in [-0.05, 0) is 36.3 Å². The summed E-state index contributed by atoms with van der Waals surface area (Å²) in [6, 6.07) is 16.1. The zero-order valence-electron chi connectivity index (χ0n) is 18.8. The third-order valence-corrected chi connectivity index (χ3v) is 6.04. The third-order valence-electron chi connectivity index (χ3n) is 6.04. The highest BCUT2D eigenvalue weighted by molar-refractivity contribution is 5.79. The van der Waals surface area contributed by atoms with Crippen LogP contribution in [0.5, 0.6) is 11.5 Å². The Bertz CT molecular complexity index is 862. The van der Waals surface area contributed by atoms with E-state index in [1.165, 1.54) is 10.5 Å². The van der Waals surface area contributed by atoms with Crippen LogP contribution in [0, 0.1) is 0 Å². The minimum absolute atomic E-state index is 0.0541. The monoisotopic (exact) mass is 425 g/mol. The number of carbonyl (C=O) groups is 1. The fraction of sp³-hybridized carbons (Fsp3) is 0.400. The van der Waals surface area contributed by atoms with Crippen molar-refractivity contribution in [2.45, 2.75) is 19.5 Å². The number of benzene rings is 2. The fourth-order valence-electron chi connectivity index (χ4n) is 4.01. The Morgan fingerprint density at radius 3 is 2.42 bits per heavy atom. The van der Waals surface area contributed by atoms with E-state index in [0.29, 0.717) is 18.0 Å². The maximum atomic E-state index is 12.7. The Kier molecular flexibility index (Phi) is 8.50. The molecule has 0 saturated carbocycles. The first kappa shape index (κ1) is 22.8. The fourth-order valence-corrected chi connectivity index (χ4v) is 4.01. The molecule has 0 aromatic heterocycles. The molecule has 0 bridgehead atoms. The average molecular weight is 426 g/mol. The molecule has 1 aliphatic rings. The lowest BCUT2D eigenvalue weighted by atomic mass is 10.1. The van der Waals surface area contributed by atoms with Gasteiger partial charge in [-0.25, -0.2) is 0 Å². The number of amides is 1. The molecule has 2 aromatic rings. The zero-order chi connectivity index (χ0) is 22.1. The predicted octanol–water partition coefficient (Wildman–Crippen LogP) is 0.205. The van der Waals surface area contributed by atoms with Crippen LogP contribution in [0.1, 0.15) is 18.1 Å². The molecular weight excluding hydrogens is 390 g/mol. The minimum atomic E-state index is -0.0541. The molecule has 6 nitrogen and oxygen atoms in total. The van der Waals surface area contributed by atoms with E-state index >= 15 is 0 Å². The van der Waals surface area contributed by atoms with Crippen molar-refractivity contribution in [1.29, 1.82) is 0 Å². The Morgan fingerprint density at radius 2 is 1.74 bits per heavy atom. The number of methoxy groups -OCH3 is 2. The van der Waals surface area contributed by atoms with Crippen molar-refractivity contribution in [3.8, 4) is 11.5 Å². The Morgan fingerprint density at radius 1 is 1.03 bits per heavy atom. The van der Waals surface area contributed by atoms with E-state index in [0.717, 1.165) is 38.3 Å². The molecule has 0 unspecified atom stereocenters. The molecule has 1 atom stereocenters. The van der Waals surface area contributed by atoms with Gasteiger partial charge in [0, 0.05) is 6.54 Å². The molecule has 0 aliphatic carbocycles. The van der Waals surface area contributed by atoms with Crippen molar-refractivity contribution in [3.05, 3.63) is 65.7 Å². The summed E-state index contributed by atoms with van der Waals surface area (Å²) in [4.78, 5) is 15.6. The van der Waals surface area contributed by atoms with Crippen LogP contribution in [0.3, 0.4) is 0 Å². The third kappa shape index (κ3) is 6.57. The maximum Gasteiger partial charge on any atom is 0.278 e. The van der Waals surface area contributed by atoms with Gasteiger partial charge in [0.1, 0.15) is 26.2 Å². The first-order chi connectivity index (χ1) is 15.1. The van der Waals surface area contributed by atoms with Gasteiger partial charge >= 0.3 is 0 Å². The normalized spacial score (nSPS) is 19.7. The highest BCUT2D eigenvalue weighted by Gasteiger charge is 2.30. The molecule has 1 heterocycles. The van der Waals surface area contributed by atoms with Crippen LogP contribution >= 0.6 is 0 Å². The quantitative estimate of drug-likeness (QED) is 0.538. The lowest BCUT2D eigenvalue weighted by Gasteiger charge is -2.32. The van der Waals surface area contributed by atoms with E-state index in [9.17, 15) is 4.79 Å². The highest BCUT2D eigenvalue weighted by Crippen LogP contribution is 2.27. The average Bonchev–Trinajstić information content (AvgIpc) is 2.83. The first-order valence-corrected chi connectivity index (χ1v) is 11.0. The van der Waals surface area contributed by atoms with Crippen LogP contribution in [0.15, 0.2) is 54.6 Å². The SMILES string of the molecule is COc1ccc(CNC(=O)[C@@H](C)[NH+]2CC[NH+](C/C=C/c3ccccc3)CC2)cc1OC. The van der Waals surface area contributed by atoms with Crippen molar-refractivity contribution in [2.75, 3.05) is 46.9 Å². The molecule has 3 N–H and O–H groups in total. The number of quaternary nitrogens is 2. The summed E-state index contributed by atoms with van der Waals surface area (Å²) >= 11 is 0. The van der Waals surface area contributed by atoms with Crippen LogP contribution in [0.2, 0.25) is 0 Å². The summed E-state index contributed by atoms with van der Waals surface area (Å²) in [6.07, 6.45) is 4.45. The van der Waals surface area contributed by atoms with Crippen molar-refractivity contribution < 1.29 is 24.1 Å². The van der Waals surface area contributed by atoms with E-state index in [2.05, 4.69) is 41.7 Å². The van der Waals surface area contributed by atoms with E-state index in [1.807, 2.05) is 31.2 Å². The van der Waals surface area contributed by atoms with Crippen LogP contribution in [-0.4, -0.2) is 58.9 Å². The number of ether oxygens (including phenoxy) is 2. The van der Waals surface area contributed by atoms with Gasteiger partial charge in [-0.3, -0.25) is 4.79 Å². The van der Waals surface area contributed by atoms with Crippen molar-refractivity contribution in [3.63, 3.8) is 0 Å². The summed E-state index contributed by atoms with van der Waals surface area (Å²) < 4.78 is 10.6. The van der Waals surface area contributed by atoms with E-state index in [-0.39, 0.29) is 11.9 Å². The molecule has 1 amide bonds. The Balaban J connectivity index is 1.42. The number of piperazine rings is 1. The molecule has 0 spiro atoms. The second kappa shape index (κ2) is 11.5. The summed E-state index contributed by atoms with van der Waals surface area (Å²) in [5, 5.41) is 3.07. The topological polar surface area (TPSA) is 56.4 Å². The highest BCUT2D eigenvalue weighted by atomic mass is 16.5. The number of hydrogen-bond donors (Lipinski definition) is 3. The van der Waals surface area contributed by atoms with E-state index in [1.54, 1.807) is 19.1 Å². The second-order valence-electron chi connectivity index (χ2n) is 8.05. The largest absolute Gasteiger partial charge is 0.493 e. The molecule has 0 radical (unpaired) electrons. The van der Waals surface area contributed by atoms with Gasteiger partial charge in [0.15, 0.2) is 17.5 Å². The van der Waals surface area contributed by atoms with E-state index < -0.39 is 0 Å². The second-order valence-corrected chi connectivity index (χ2v) is 8.05. The Labute approximate surface area is 185 Å². The molecule has 1 saturated heterocycles.